The number of halogens is 1. The second-order valence-corrected chi connectivity index (χ2v) is 5.33. The Bertz CT molecular complexity index is 402. The van der Waals surface area contributed by atoms with Crippen molar-refractivity contribution < 1.29 is 0 Å². The van der Waals surface area contributed by atoms with E-state index in [1.54, 1.807) is 0 Å². The molecule has 1 fully saturated rings. The van der Waals surface area contributed by atoms with Gasteiger partial charge in [-0.3, -0.25) is 9.58 Å². The lowest BCUT2D eigenvalue weighted by atomic mass is 10.0. The molecule has 0 spiro atoms. The molecule has 110 valence electrons. The topological polar surface area (TPSA) is 33.1 Å². The van der Waals surface area contributed by atoms with Crippen molar-refractivity contribution in [1.82, 2.24) is 20.0 Å². The number of nitrogens with zero attached hydrogens (tertiary/aromatic N) is 3. The van der Waals surface area contributed by atoms with E-state index in [1.807, 2.05) is 0 Å². The van der Waals surface area contributed by atoms with Gasteiger partial charge in [0.2, 0.25) is 0 Å². The van der Waals surface area contributed by atoms with Crippen LogP contribution in [0.15, 0.2) is 0 Å². The van der Waals surface area contributed by atoms with Crippen LogP contribution in [0.4, 0.5) is 0 Å². The molecule has 1 unspecified atom stereocenters. The molecular formula is C14H27ClN4. The first-order valence-corrected chi connectivity index (χ1v) is 7.08. The quantitative estimate of drug-likeness (QED) is 0.920. The lowest BCUT2D eigenvalue weighted by molar-refractivity contribution is 0.187. The minimum atomic E-state index is 0. The van der Waals surface area contributed by atoms with E-state index < -0.39 is 0 Å². The monoisotopic (exact) mass is 286 g/mol. The van der Waals surface area contributed by atoms with Crippen molar-refractivity contribution >= 4 is 12.4 Å². The molecule has 0 bridgehead atoms. The van der Waals surface area contributed by atoms with Crippen molar-refractivity contribution in [2.24, 2.45) is 0 Å². The van der Waals surface area contributed by atoms with Gasteiger partial charge in [-0.15, -0.1) is 12.4 Å². The maximum Gasteiger partial charge on any atom is 0.0641 e. The van der Waals surface area contributed by atoms with E-state index in [-0.39, 0.29) is 12.4 Å². The summed E-state index contributed by atoms with van der Waals surface area (Å²) in [6.07, 6.45) is 2.60. The molecule has 2 rings (SSSR count). The zero-order valence-electron chi connectivity index (χ0n) is 12.6. The third kappa shape index (κ3) is 3.71. The van der Waals surface area contributed by atoms with Crippen molar-refractivity contribution in [3.63, 3.8) is 0 Å². The fraction of sp³-hybridized carbons (Fsp3) is 0.786. The zero-order chi connectivity index (χ0) is 13.1. The number of aryl methyl sites for hydroxylation is 2. The summed E-state index contributed by atoms with van der Waals surface area (Å²) < 4.78 is 2.12. The molecule has 1 N–H and O–H groups in total. The van der Waals surface area contributed by atoms with Gasteiger partial charge in [0, 0.05) is 36.9 Å². The maximum atomic E-state index is 4.61. The van der Waals surface area contributed by atoms with Gasteiger partial charge in [-0.1, -0.05) is 0 Å². The predicted octanol–water partition coefficient (Wildman–Crippen LogP) is 2.13. The highest BCUT2D eigenvalue weighted by Gasteiger charge is 2.21. The fourth-order valence-corrected chi connectivity index (χ4v) is 2.93. The van der Waals surface area contributed by atoms with Crippen LogP contribution in [-0.2, 0) is 13.1 Å². The number of nitrogens with one attached hydrogen (secondary N) is 1. The molecule has 19 heavy (non-hydrogen) atoms. The molecule has 5 heteroatoms. The average molecular weight is 287 g/mol. The van der Waals surface area contributed by atoms with E-state index in [9.17, 15) is 0 Å². The molecule has 1 aromatic heterocycles. The molecule has 0 saturated carbocycles. The molecule has 1 aromatic rings. The second-order valence-electron chi connectivity index (χ2n) is 5.33. The van der Waals surface area contributed by atoms with Gasteiger partial charge in [0.25, 0.3) is 0 Å². The van der Waals surface area contributed by atoms with Gasteiger partial charge >= 0.3 is 0 Å². The van der Waals surface area contributed by atoms with Crippen LogP contribution in [0.3, 0.4) is 0 Å². The predicted molar refractivity (Wildman–Crippen MR) is 82.0 cm³/mol. The molecular weight excluding hydrogens is 260 g/mol. The standard InChI is InChI=1S/C14H26N4.ClH/c1-5-18-12(3)14(11(2)16-18)10-17-8-6-7-13(9-17)15-4;/h13,15H,5-10H2,1-4H3;1H. The lowest BCUT2D eigenvalue weighted by Gasteiger charge is -2.32. The number of hydrogen-bond acceptors (Lipinski definition) is 3. The Morgan fingerprint density at radius 3 is 2.68 bits per heavy atom. The average Bonchev–Trinajstić information content (AvgIpc) is 2.66. The first-order valence-electron chi connectivity index (χ1n) is 7.08. The zero-order valence-corrected chi connectivity index (χ0v) is 13.4. The summed E-state index contributed by atoms with van der Waals surface area (Å²) >= 11 is 0. The minimum Gasteiger partial charge on any atom is -0.316 e. The SMILES string of the molecule is CCn1nc(C)c(CN2CCCC(NC)C2)c1C.Cl. The minimum absolute atomic E-state index is 0. The molecule has 1 aliphatic rings. The summed E-state index contributed by atoms with van der Waals surface area (Å²) in [6, 6.07) is 0.653. The van der Waals surface area contributed by atoms with Gasteiger partial charge in [0.15, 0.2) is 0 Å². The lowest BCUT2D eigenvalue weighted by Crippen LogP contribution is -2.44. The van der Waals surface area contributed by atoms with Gasteiger partial charge < -0.3 is 5.32 Å². The van der Waals surface area contributed by atoms with E-state index in [2.05, 4.69) is 47.8 Å². The van der Waals surface area contributed by atoms with Crippen LogP contribution in [0.25, 0.3) is 0 Å². The van der Waals surface area contributed by atoms with Crippen LogP contribution < -0.4 is 5.32 Å². The van der Waals surface area contributed by atoms with Gasteiger partial charge in [-0.25, -0.2) is 0 Å². The Kier molecular flexibility index (Phi) is 6.30. The number of aromatic nitrogens is 2. The van der Waals surface area contributed by atoms with Crippen molar-refractivity contribution in [1.29, 1.82) is 0 Å². The van der Waals surface area contributed by atoms with Crippen LogP contribution in [0, 0.1) is 13.8 Å². The summed E-state index contributed by atoms with van der Waals surface area (Å²) in [5.41, 5.74) is 3.95. The highest BCUT2D eigenvalue weighted by molar-refractivity contribution is 5.85. The van der Waals surface area contributed by atoms with Gasteiger partial charge in [0.1, 0.15) is 0 Å². The Morgan fingerprint density at radius 1 is 1.37 bits per heavy atom. The first kappa shape index (κ1) is 16.5. The third-order valence-corrected chi connectivity index (χ3v) is 4.13. The molecule has 1 aliphatic heterocycles. The Labute approximate surface area is 123 Å². The molecule has 1 saturated heterocycles. The summed E-state index contributed by atoms with van der Waals surface area (Å²) in [7, 11) is 2.07. The highest BCUT2D eigenvalue weighted by atomic mass is 35.5. The summed E-state index contributed by atoms with van der Waals surface area (Å²) in [5.74, 6) is 0. The van der Waals surface area contributed by atoms with E-state index in [0.29, 0.717) is 6.04 Å². The first-order chi connectivity index (χ1) is 8.65. The summed E-state index contributed by atoms with van der Waals surface area (Å²) in [4.78, 5) is 2.56. The van der Waals surface area contributed by atoms with Crippen LogP contribution >= 0.6 is 12.4 Å². The van der Waals surface area contributed by atoms with Gasteiger partial charge in [-0.05, 0) is 47.2 Å². The Morgan fingerprint density at radius 2 is 2.11 bits per heavy atom. The number of rotatable bonds is 4. The largest absolute Gasteiger partial charge is 0.316 e. The van der Waals surface area contributed by atoms with E-state index in [4.69, 9.17) is 0 Å². The molecule has 0 radical (unpaired) electrons. The smallest absolute Gasteiger partial charge is 0.0641 e. The van der Waals surface area contributed by atoms with Gasteiger partial charge in [-0.2, -0.15) is 5.10 Å². The maximum absolute atomic E-state index is 4.61. The number of hydrogen-bond donors (Lipinski definition) is 1. The number of likely N-dealkylation sites (tertiary alicyclic amines) is 1. The second kappa shape index (κ2) is 7.27. The molecule has 1 atom stereocenters. The van der Waals surface area contributed by atoms with E-state index in [1.165, 1.54) is 36.3 Å². The van der Waals surface area contributed by atoms with Crippen molar-refractivity contribution in [2.45, 2.75) is 52.7 Å². The van der Waals surface area contributed by atoms with Crippen LogP contribution in [0.2, 0.25) is 0 Å². The van der Waals surface area contributed by atoms with Crippen molar-refractivity contribution in [3.05, 3.63) is 17.0 Å². The van der Waals surface area contributed by atoms with Crippen LogP contribution in [-0.4, -0.2) is 40.9 Å². The van der Waals surface area contributed by atoms with Crippen LogP contribution in [0.1, 0.15) is 36.7 Å². The van der Waals surface area contributed by atoms with Crippen molar-refractivity contribution in [2.75, 3.05) is 20.1 Å². The molecule has 0 aromatic carbocycles. The van der Waals surface area contributed by atoms with E-state index >= 15 is 0 Å². The Hall–Kier alpha value is -0.580. The molecule has 0 aliphatic carbocycles. The highest BCUT2D eigenvalue weighted by Crippen LogP contribution is 2.18. The number of likely N-dealkylation sites (N-methyl/N-ethyl adjacent to an activating group) is 1. The summed E-state index contributed by atoms with van der Waals surface area (Å²) in [6.45, 7) is 10.9. The molecule has 0 amide bonds. The number of piperidine rings is 1. The van der Waals surface area contributed by atoms with E-state index in [0.717, 1.165) is 19.6 Å². The van der Waals surface area contributed by atoms with Crippen LogP contribution in [0.5, 0.6) is 0 Å². The third-order valence-electron chi connectivity index (χ3n) is 4.13. The fourth-order valence-electron chi connectivity index (χ4n) is 2.93. The molecule has 2 heterocycles. The molecule has 4 nitrogen and oxygen atoms in total. The normalized spacial score (nSPS) is 20.3. The summed E-state index contributed by atoms with van der Waals surface area (Å²) in [5, 5.41) is 8.01. The van der Waals surface area contributed by atoms with Crippen molar-refractivity contribution in [3.8, 4) is 0 Å². The Balaban J connectivity index is 0.00000180. The van der Waals surface area contributed by atoms with Gasteiger partial charge in [0.05, 0.1) is 5.69 Å².